The van der Waals surface area contributed by atoms with Gasteiger partial charge in [0.25, 0.3) is 5.91 Å². The Morgan fingerprint density at radius 2 is 1.81 bits per heavy atom. The Bertz CT molecular complexity index is 263. The second-order valence-corrected chi connectivity index (χ2v) is 5.82. The third-order valence-corrected chi connectivity index (χ3v) is 4.16. The first-order chi connectivity index (χ1) is 7.53. The van der Waals surface area contributed by atoms with Crippen LogP contribution in [0.3, 0.4) is 0 Å². The number of hydrogen-bond acceptors (Lipinski definition) is 2. The summed E-state index contributed by atoms with van der Waals surface area (Å²) in [6, 6.07) is 0. The van der Waals surface area contributed by atoms with Crippen molar-refractivity contribution in [3.8, 4) is 0 Å². The maximum Gasteiger partial charge on any atom is 0.254 e. The number of fused-ring (bicyclic) bond motifs is 2. The minimum atomic E-state index is -0.661. The van der Waals surface area contributed by atoms with Crippen molar-refractivity contribution in [2.75, 3.05) is 20.2 Å². The molecule has 16 heavy (non-hydrogen) atoms. The van der Waals surface area contributed by atoms with Gasteiger partial charge in [-0.25, -0.2) is 0 Å². The SMILES string of the molecule is COC(C)(C)C(=O)N1C[C@H]2CCC[C@@H](C2)C1. The van der Waals surface area contributed by atoms with Gasteiger partial charge in [0.2, 0.25) is 0 Å². The Kier molecular flexibility index (Phi) is 3.24. The van der Waals surface area contributed by atoms with Gasteiger partial charge in [0.05, 0.1) is 0 Å². The smallest absolute Gasteiger partial charge is 0.254 e. The molecule has 3 heteroatoms. The van der Waals surface area contributed by atoms with Crippen molar-refractivity contribution in [2.45, 2.75) is 45.1 Å². The van der Waals surface area contributed by atoms with Crippen LogP contribution in [0.1, 0.15) is 39.5 Å². The van der Waals surface area contributed by atoms with Crippen molar-refractivity contribution < 1.29 is 9.53 Å². The third kappa shape index (κ3) is 2.24. The van der Waals surface area contributed by atoms with E-state index < -0.39 is 5.60 Å². The van der Waals surface area contributed by atoms with Crippen LogP contribution in [-0.4, -0.2) is 36.6 Å². The van der Waals surface area contributed by atoms with E-state index in [0.29, 0.717) is 0 Å². The monoisotopic (exact) mass is 225 g/mol. The summed E-state index contributed by atoms with van der Waals surface area (Å²) in [5.41, 5.74) is -0.661. The van der Waals surface area contributed by atoms with E-state index in [-0.39, 0.29) is 5.91 Å². The highest BCUT2D eigenvalue weighted by atomic mass is 16.5. The van der Waals surface area contributed by atoms with Crippen molar-refractivity contribution in [2.24, 2.45) is 11.8 Å². The lowest BCUT2D eigenvalue weighted by Crippen LogP contribution is -2.53. The van der Waals surface area contributed by atoms with Crippen molar-refractivity contribution in [1.29, 1.82) is 0 Å². The maximum absolute atomic E-state index is 12.3. The lowest BCUT2D eigenvalue weighted by Gasteiger charge is -2.43. The number of carbonyl (C=O) groups excluding carboxylic acids is 1. The van der Waals surface area contributed by atoms with E-state index in [0.717, 1.165) is 24.9 Å². The molecule has 1 amide bonds. The highest BCUT2D eigenvalue weighted by Crippen LogP contribution is 2.35. The molecule has 1 saturated heterocycles. The molecule has 0 aromatic heterocycles. The largest absolute Gasteiger partial charge is 0.369 e. The van der Waals surface area contributed by atoms with Gasteiger partial charge in [0, 0.05) is 20.2 Å². The molecule has 2 bridgehead atoms. The van der Waals surface area contributed by atoms with Gasteiger partial charge in [0.1, 0.15) is 5.60 Å². The van der Waals surface area contributed by atoms with Gasteiger partial charge in [0.15, 0.2) is 0 Å². The Morgan fingerprint density at radius 1 is 1.25 bits per heavy atom. The predicted molar refractivity (Wildman–Crippen MR) is 63.1 cm³/mol. The van der Waals surface area contributed by atoms with Crippen molar-refractivity contribution in [1.82, 2.24) is 4.90 Å². The lowest BCUT2D eigenvalue weighted by atomic mass is 9.77. The van der Waals surface area contributed by atoms with Crippen LogP contribution in [0.4, 0.5) is 0 Å². The molecule has 3 nitrogen and oxygen atoms in total. The number of carbonyl (C=O) groups is 1. The molecule has 0 N–H and O–H groups in total. The normalized spacial score (nSPS) is 30.3. The molecule has 2 rings (SSSR count). The van der Waals surface area contributed by atoms with Crippen LogP contribution in [0.25, 0.3) is 0 Å². The molecule has 1 aliphatic carbocycles. The summed E-state index contributed by atoms with van der Waals surface area (Å²) in [5.74, 6) is 1.64. The Morgan fingerprint density at radius 3 is 2.31 bits per heavy atom. The molecule has 0 spiro atoms. The number of rotatable bonds is 2. The van der Waals surface area contributed by atoms with Crippen molar-refractivity contribution in [3.63, 3.8) is 0 Å². The minimum Gasteiger partial charge on any atom is -0.369 e. The molecule has 2 fully saturated rings. The summed E-state index contributed by atoms with van der Waals surface area (Å²) in [6.07, 6.45) is 5.28. The van der Waals surface area contributed by atoms with Gasteiger partial charge in [-0.3, -0.25) is 4.79 Å². The average Bonchev–Trinajstić information content (AvgIpc) is 2.27. The molecule has 0 aromatic carbocycles. The van der Waals surface area contributed by atoms with Gasteiger partial charge in [-0.15, -0.1) is 0 Å². The summed E-state index contributed by atoms with van der Waals surface area (Å²) in [4.78, 5) is 14.3. The van der Waals surface area contributed by atoms with Gasteiger partial charge in [-0.05, 0) is 44.9 Å². The Hall–Kier alpha value is -0.570. The van der Waals surface area contributed by atoms with Crippen LogP contribution in [0, 0.1) is 11.8 Å². The molecular formula is C13H23NO2. The highest BCUT2D eigenvalue weighted by molar-refractivity contribution is 5.84. The third-order valence-electron chi connectivity index (χ3n) is 4.16. The maximum atomic E-state index is 12.3. The molecule has 2 atom stereocenters. The summed E-state index contributed by atoms with van der Waals surface area (Å²) in [5, 5.41) is 0. The summed E-state index contributed by atoms with van der Waals surface area (Å²) < 4.78 is 5.28. The summed E-state index contributed by atoms with van der Waals surface area (Å²) >= 11 is 0. The lowest BCUT2D eigenvalue weighted by molar-refractivity contribution is -0.154. The van der Waals surface area contributed by atoms with Gasteiger partial charge < -0.3 is 9.64 Å². The van der Waals surface area contributed by atoms with Gasteiger partial charge >= 0.3 is 0 Å². The first-order valence-corrected chi connectivity index (χ1v) is 6.37. The van der Waals surface area contributed by atoms with Crippen molar-refractivity contribution >= 4 is 5.91 Å². The molecule has 0 radical (unpaired) electrons. The fraction of sp³-hybridized carbons (Fsp3) is 0.923. The summed E-state index contributed by atoms with van der Waals surface area (Å²) in [6.45, 7) is 5.61. The first kappa shape index (κ1) is 11.9. The number of likely N-dealkylation sites (tertiary alicyclic amines) is 1. The molecule has 1 aliphatic heterocycles. The van der Waals surface area contributed by atoms with Crippen molar-refractivity contribution in [3.05, 3.63) is 0 Å². The summed E-state index contributed by atoms with van der Waals surface area (Å²) in [7, 11) is 1.61. The number of amides is 1. The number of ether oxygens (including phenoxy) is 1. The van der Waals surface area contributed by atoms with Crippen LogP contribution < -0.4 is 0 Å². The zero-order valence-electron chi connectivity index (χ0n) is 10.7. The van der Waals surface area contributed by atoms with E-state index in [2.05, 4.69) is 0 Å². The fourth-order valence-electron chi connectivity index (χ4n) is 3.07. The molecule has 0 aromatic rings. The van der Waals surface area contributed by atoms with E-state index in [9.17, 15) is 4.79 Å². The first-order valence-electron chi connectivity index (χ1n) is 6.37. The van der Waals surface area contributed by atoms with Gasteiger partial charge in [-0.2, -0.15) is 0 Å². The molecule has 2 aliphatic rings. The van der Waals surface area contributed by atoms with Crippen LogP contribution in [0.5, 0.6) is 0 Å². The van der Waals surface area contributed by atoms with E-state index >= 15 is 0 Å². The van der Waals surface area contributed by atoms with Crippen LogP contribution >= 0.6 is 0 Å². The van der Waals surface area contributed by atoms with Crippen LogP contribution in [0.2, 0.25) is 0 Å². The number of methoxy groups -OCH3 is 1. The minimum absolute atomic E-state index is 0.159. The van der Waals surface area contributed by atoms with E-state index in [4.69, 9.17) is 4.74 Å². The standard InChI is InChI=1S/C13H23NO2/c1-13(2,16-3)12(15)14-8-10-5-4-6-11(7-10)9-14/h10-11H,4-9H2,1-3H3/t10-,11-/m0/s1. The fourth-order valence-corrected chi connectivity index (χ4v) is 3.07. The quantitative estimate of drug-likeness (QED) is 0.720. The molecule has 0 unspecified atom stereocenters. The van der Waals surface area contributed by atoms with Gasteiger partial charge in [-0.1, -0.05) is 6.42 Å². The number of nitrogens with zero attached hydrogens (tertiary/aromatic N) is 1. The molecule has 1 saturated carbocycles. The highest BCUT2D eigenvalue weighted by Gasteiger charge is 2.38. The topological polar surface area (TPSA) is 29.5 Å². The number of piperidine rings is 1. The average molecular weight is 225 g/mol. The van der Waals surface area contributed by atoms with E-state index in [1.165, 1.54) is 25.7 Å². The zero-order valence-corrected chi connectivity index (χ0v) is 10.7. The van der Waals surface area contributed by atoms with E-state index in [1.54, 1.807) is 7.11 Å². The molecule has 92 valence electrons. The molecule has 1 heterocycles. The zero-order chi connectivity index (χ0) is 11.8. The second kappa shape index (κ2) is 4.36. The van der Waals surface area contributed by atoms with Crippen LogP contribution in [-0.2, 0) is 9.53 Å². The Balaban J connectivity index is 2.03. The second-order valence-electron chi connectivity index (χ2n) is 5.82. The van der Waals surface area contributed by atoms with E-state index in [1.807, 2.05) is 18.7 Å². The molecular weight excluding hydrogens is 202 g/mol. The Labute approximate surface area is 98.1 Å². The number of hydrogen-bond donors (Lipinski definition) is 0. The predicted octanol–water partition coefficient (Wildman–Crippen LogP) is 2.06. The van der Waals surface area contributed by atoms with Crippen LogP contribution in [0.15, 0.2) is 0 Å².